The molecule has 0 saturated heterocycles. The number of unbranched alkanes of at least 4 members (excludes halogenated alkanes) is 10. The fourth-order valence-corrected chi connectivity index (χ4v) is 41.6. The average Bonchev–Trinajstić information content (AvgIpc) is 0.733. The minimum absolute atomic E-state index is 0.0507. The zero-order chi connectivity index (χ0) is 76.8. The first kappa shape index (κ1) is 79.5. The summed E-state index contributed by atoms with van der Waals surface area (Å²) in [5, 5.41) is 15.9. The van der Waals surface area contributed by atoms with Gasteiger partial charge in [-0.15, -0.1) is 0 Å². The SMILES string of the molecule is O=S(=O)(OC(CCCCCCCC[PH](c1ccccc1)(c1ccccc1)c1ccccc1)[PH](c1ccccc1)(c1ccccc1)c1ccccc1)c1ccc2ccc(S(=O)(=O)OC(CCCCCCCC[PH](c3ccccc3)(c3ccccc3)c3ccccc3)[PH](c3ccccc3)(c3ccccc3)c3ccccc3)cc2c1. The van der Waals surface area contributed by atoms with Gasteiger partial charge in [-0.2, -0.15) is 0 Å². The third-order valence-electron chi connectivity index (χ3n) is 23.3. The fourth-order valence-electron chi connectivity index (χ4n) is 18.0. The van der Waals surface area contributed by atoms with Gasteiger partial charge >= 0.3 is 673 Å². The summed E-state index contributed by atoms with van der Waals surface area (Å²) in [5.74, 6) is -1.58. The third-order valence-corrected chi connectivity index (χ3v) is 46.6. The van der Waals surface area contributed by atoms with E-state index >= 15 is 16.8 Å². The Bertz CT molecular complexity index is 4720. The van der Waals surface area contributed by atoms with Gasteiger partial charge in [-0.3, -0.25) is 0 Å². The topological polar surface area (TPSA) is 86.7 Å². The van der Waals surface area contributed by atoms with Crippen molar-refractivity contribution in [3.63, 3.8) is 0 Å². The molecule has 0 saturated carbocycles. The first-order valence-corrected chi connectivity index (χ1v) is 51.5. The van der Waals surface area contributed by atoms with E-state index in [0.29, 0.717) is 23.6 Å². The van der Waals surface area contributed by atoms with E-state index in [-0.39, 0.29) is 9.79 Å². The quantitative estimate of drug-likeness (QED) is 0.0218. The molecule has 2 atom stereocenters. The minimum atomic E-state index is -4.57. The van der Waals surface area contributed by atoms with Crippen LogP contribution in [-0.2, 0) is 28.6 Å². The Morgan fingerprint density at radius 3 is 0.607 bits per heavy atom. The molecule has 0 N–H and O–H groups in total. The van der Waals surface area contributed by atoms with E-state index in [1.165, 1.54) is 31.8 Å². The van der Waals surface area contributed by atoms with Gasteiger partial charge in [-0.05, 0) is 0 Å². The molecule has 0 aromatic heterocycles. The molecule has 0 spiro atoms. The molecule has 0 bridgehead atoms. The zero-order valence-electron chi connectivity index (χ0n) is 63.8. The summed E-state index contributed by atoms with van der Waals surface area (Å²) in [4.78, 5) is -0.101. The molecule has 14 aromatic rings. The number of rotatable bonds is 38. The summed E-state index contributed by atoms with van der Waals surface area (Å²) in [7, 11) is -20.8. The van der Waals surface area contributed by atoms with Crippen LogP contribution >= 0.6 is 29.0 Å². The third kappa shape index (κ3) is 17.6. The van der Waals surface area contributed by atoms with Crippen LogP contribution in [0.25, 0.3) is 10.8 Å². The van der Waals surface area contributed by atoms with Crippen molar-refractivity contribution in [1.29, 1.82) is 0 Å². The second-order valence-electron chi connectivity index (χ2n) is 29.9. The summed E-state index contributed by atoms with van der Waals surface area (Å²) >= 11 is 0. The molecule has 112 heavy (non-hydrogen) atoms. The van der Waals surface area contributed by atoms with Crippen molar-refractivity contribution < 1.29 is 25.2 Å². The van der Waals surface area contributed by atoms with Crippen molar-refractivity contribution in [2.45, 2.75) is 111 Å². The van der Waals surface area contributed by atoms with E-state index in [9.17, 15) is 0 Å². The van der Waals surface area contributed by atoms with Crippen LogP contribution in [0.1, 0.15) is 89.9 Å². The first-order chi connectivity index (χ1) is 55.1. The van der Waals surface area contributed by atoms with Crippen molar-refractivity contribution in [3.8, 4) is 0 Å². The molecule has 0 aliphatic heterocycles. The average molecular weight is 1590 g/mol. The molecule has 0 fully saturated rings. The van der Waals surface area contributed by atoms with Gasteiger partial charge in [0.25, 0.3) is 0 Å². The predicted molar refractivity (Wildman–Crippen MR) is 489 cm³/mol. The summed E-state index contributed by atoms with van der Waals surface area (Å²) < 4.78 is 77.4. The van der Waals surface area contributed by atoms with Gasteiger partial charge < -0.3 is 0 Å². The molecule has 12 heteroatoms. The van der Waals surface area contributed by atoms with Crippen LogP contribution in [0.2, 0.25) is 0 Å². The Morgan fingerprint density at radius 2 is 0.393 bits per heavy atom. The molecule has 2 unspecified atom stereocenters. The van der Waals surface area contributed by atoms with E-state index in [4.69, 9.17) is 8.37 Å². The Kier molecular flexibility index (Phi) is 27.1. The van der Waals surface area contributed by atoms with E-state index < -0.39 is 61.0 Å². The van der Waals surface area contributed by atoms with Gasteiger partial charge in [0.15, 0.2) is 0 Å². The Balaban J connectivity index is 0.739. The van der Waals surface area contributed by atoms with Gasteiger partial charge in [-0.1, -0.05) is 0 Å². The molecule has 6 nitrogen and oxygen atoms in total. The number of benzene rings is 14. The van der Waals surface area contributed by atoms with Gasteiger partial charge in [-0.25, -0.2) is 0 Å². The normalized spacial score (nSPS) is 13.4. The predicted octanol–water partition coefficient (Wildman–Crippen LogP) is 19.3. The standard InChI is InChI=1S/C100H104O6P4S2/c101-111(102,105-99(109(91-61-33-15-34-62-91,92-63-35-16-36-64-92)93-65-37-17-38-66-93)73-45-5-1-3-7-47-79-107(85-49-21-9-22-50-85,86-51-23-10-24-52-86)87-53-25-11-26-54-87)97-77-75-83-76-78-98(82-84(83)81-97)112(103,104)106-100(110(94-67-39-18-40-68-94,95-69-41-19-42-70-95)96-71-43-20-44-72-96)74-46-6-2-4-8-48-80-108(88-55-27-12-28-56-88,89-57-29-13-30-58-89)90-59-31-14-32-60-90/h9-44,49-72,75-78,81-82,99-100,107-110H,1-8,45-48,73-74,79-80H2. The van der Waals surface area contributed by atoms with Gasteiger partial charge in [0.1, 0.15) is 0 Å². The molecule has 572 valence electrons. The number of fused-ring (bicyclic) bond motifs is 1. The van der Waals surface area contributed by atoms with Crippen LogP contribution in [0.4, 0.5) is 0 Å². The molecule has 0 aliphatic rings. The van der Waals surface area contributed by atoms with E-state index in [2.05, 4.69) is 255 Å². The summed E-state index contributed by atoms with van der Waals surface area (Å²) in [5.41, 5.74) is 0. The van der Waals surface area contributed by atoms with Crippen LogP contribution in [0, 0.1) is 0 Å². The van der Waals surface area contributed by atoms with Crippen LogP contribution in [0.5, 0.6) is 0 Å². The van der Waals surface area contributed by atoms with E-state index in [1.807, 2.05) is 109 Å². The van der Waals surface area contributed by atoms with Crippen molar-refractivity contribution >= 4 is 124 Å². The molecule has 0 amide bonds. The van der Waals surface area contributed by atoms with Crippen molar-refractivity contribution in [2.24, 2.45) is 0 Å². The second-order valence-corrected chi connectivity index (χ2v) is 49.1. The molecular weight excluding hydrogens is 1490 g/mol. The Hall–Kier alpha value is -9.12. The van der Waals surface area contributed by atoms with Gasteiger partial charge in [0, 0.05) is 0 Å². The molecule has 14 rings (SSSR count). The molecule has 0 heterocycles. The zero-order valence-corrected chi connectivity index (χ0v) is 69.5. The van der Waals surface area contributed by atoms with Crippen LogP contribution in [-0.4, -0.2) is 40.8 Å². The first-order valence-electron chi connectivity index (χ1n) is 40.1. The van der Waals surface area contributed by atoms with Crippen LogP contribution in [0.15, 0.2) is 410 Å². The summed E-state index contributed by atoms with van der Waals surface area (Å²) in [6.07, 6.45) is 14.8. The Morgan fingerprint density at radius 1 is 0.205 bits per heavy atom. The molecule has 0 aliphatic carbocycles. The number of hydrogen-bond donors (Lipinski definition) is 0. The van der Waals surface area contributed by atoms with Gasteiger partial charge in [0.05, 0.1) is 0 Å². The van der Waals surface area contributed by atoms with E-state index in [0.717, 1.165) is 121 Å². The molecule has 14 aromatic carbocycles. The fraction of sp³-hybridized carbons (Fsp3) is 0.180. The molecule has 0 radical (unpaired) electrons. The van der Waals surface area contributed by atoms with Gasteiger partial charge in [0.2, 0.25) is 0 Å². The monoisotopic (exact) mass is 1590 g/mol. The van der Waals surface area contributed by atoms with Crippen molar-refractivity contribution in [3.05, 3.63) is 400 Å². The second kappa shape index (κ2) is 38.1. The van der Waals surface area contributed by atoms with Crippen LogP contribution < -0.4 is 63.7 Å². The van der Waals surface area contributed by atoms with Crippen LogP contribution in [0.3, 0.4) is 0 Å². The number of hydrogen-bond acceptors (Lipinski definition) is 6. The van der Waals surface area contributed by atoms with Crippen molar-refractivity contribution in [2.75, 3.05) is 12.3 Å². The van der Waals surface area contributed by atoms with E-state index in [1.54, 1.807) is 36.4 Å². The molecular formula is C100H104O6P4S2. The maximum absolute atomic E-state index is 15.8. The summed E-state index contributed by atoms with van der Waals surface area (Å²) in [6, 6.07) is 139. The van der Waals surface area contributed by atoms with Crippen molar-refractivity contribution in [1.82, 2.24) is 0 Å². The summed E-state index contributed by atoms with van der Waals surface area (Å²) in [6.45, 7) is 0. The maximum atomic E-state index is 15.8. The Labute approximate surface area is 668 Å².